The van der Waals surface area contributed by atoms with Crippen LogP contribution in [0, 0.1) is 0 Å². The molecule has 1 amide bonds. The third-order valence-corrected chi connectivity index (χ3v) is 2.85. The van der Waals surface area contributed by atoms with Crippen molar-refractivity contribution in [2.45, 2.75) is 25.4 Å². The Morgan fingerprint density at radius 2 is 2.25 bits per heavy atom. The molecule has 16 heavy (non-hydrogen) atoms. The van der Waals surface area contributed by atoms with Gasteiger partial charge in [0.2, 0.25) is 0 Å². The molecule has 1 N–H and O–H groups in total. The number of aliphatic hydroxyl groups is 1. The lowest BCUT2D eigenvalue weighted by Crippen LogP contribution is -2.38. The summed E-state index contributed by atoms with van der Waals surface area (Å²) < 4.78 is 0. The number of aliphatic hydroxyl groups excluding tert-OH is 1. The summed E-state index contributed by atoms with van der Waals surface area (Å²) in [6.45, 7) is 1.56. The summed E-state index contributed by atoms with van der Waals surface area (Å²) in [5, 5.41) is 9.81. The standard InChI is InChI=1S/C12H16N2O2/c15-11(8-10-4-3-5-13-9-10)12(16)14-6-1-2-7-14/h3-5,9,11,15H,1-2,6-8H2. The fraction of sp³-hybridized carbons (Fsp3) is 0.500. The van der Waals surface area contributed by atoms with Crippen LogP contribution < -0.4 is 0 Å². The van der Waals surface area contributed by atoms with E-state index in [4.69, 9.17) is 0 Å². The number of rotatable bonds is 3. The first-order chi connectivity index (χ1) is 7.77. The van der Waals surface area contributed by atoms with E-state index in [0.717, 1.165) is 31.5 Å². The van der Waals surface area contributed by atoms with Gasteiger partial charge in [-0.15, -0.1) is 0 Å². The quantitative estimate of drug-likeness (QED) is 0.812. The average molecular weight is 220 g/mol. The number of carbonyl (C=O) groups is 1. The monoisotopic (exact) mass is 220 g/mol. The van der Waals surface area contributed by atoms with Gasteiger partial charge in [0.15, 0.2) is 0 Å². The molecular weight excluding hydrogens is 204 g/mol. The summed E-state index contributed by atoms with van der Waals surface area (Å²) >= 11 is 0. The van der Waals surface area contributed by atoms with E-state index in [1.165, 1.54) is 0 Å². The van der Waals surface area contributed by atoms with Crippen LogP contribution in [-0.4, -0.2) is 40.1 Å². The SMILES string of the molecule is O=C(C(O)Cc1cccnc1)N1CCCC1. The molecular formula is C12H16N2O2. The Kier molecular flexibility index (Phi) is 3.51. The van der Waals surface area contributed by atoms with Crippen LogP contribution in [0.1, 0.15) is 18.4 Å². The van der Waals surface area contributed by atoms with Gasteiger partial charge in [0.05, 0.1) is 0 Å². The highest BCUT2D eigenvalue weighted by Crippen LogP contribution is 2.11. The Hall–Kier alpha value is -1.42. The van der Waals surface area contributed by atoms with Crippen LogP contribution in [0.25, 0.3) is 0 Å². The van der Waals surface area contributed by atoms with Crippen molar-refractivity contribution in [3.8, 4) is 0 Å². The highest BCUT2D eigenvalue weighted by atomic mass is 16.3. The van der Waals surface area contributed by atoms with E-state index in [2.05, 4.69) is 4.98 Å². The molecule has 1 unspecified atom stereocenters. The lowest BCUT2D eigenvalue weighted by molar-refractivity contribution is -0.138. The van der Waals surface area contributed by atoms with Gasteiger partial charge >= 0.3 is 0 Å². The second-order valence-corrected chi connectivity index (χ2v) is 4.11. The third kappa shape index (κ3) is 2.58. The smallest absolute Gasteiger partial charge is 0.251 e. The predicted octanol–water partition coefficient (Wildman–Crippen LogP) is 0.607. The molecule has 0 spiro atoms. The number of hydrogen-bond acceptors (Lipinski definition) is 3. The maximum Gasteiger partial charge on any atom is 0.251 e. The zero-order valence-electron chi connectivity index (χ0n) is 9.17. The third-order valence-electron chi connectivity index (χ3n) is 2.85. The molecule has 86 valence electrons. The highest BCUT2D eigenvalue weighted by molar-refractivity contribution is 5.81. The number of aromatic nitrogens is 1. The first kappa shape index (κ1) is 11.1. The van der Waals surface area contributed by atoms with Crippen molar-refractivity contribution in [3.63, 3.8) is 0 Å². The molecule has 1 aliphatic heterocycles. The van der Waals surface area contributed by atoms with Crippen LogP contribution in [0.3, 0.4) is 0 Å². The van der Waals surface area contributed by atoms with Crippen LogP contribution in [0.2, 0.25) is 0 Å². The average Bonchev–Trinajstić information content (AvgIpc) is 2.83. The normalized spacial score (nSPS) is 17.4. The van der Waals surface area contributed by atoms with Crippen molar-refractivity contribution in [3.05, 3.63) is 30.1 Å². The van der Waals surface area contributed by atoms with E-state index >= 15 is 0 Å². The number of likely N-dealkylation sites (tertiary alicyclic amines) is 1. The van der Waals surface area contributed by atoms with Crippen molar-refractivity contribution in [2.24, 2.45) is 0 Å². The molecule has 4 heteroatoms. The lowest BCUT2D eigenvalue weighted by atomic mass is 10.1. The van der Waals surface area contributed by atoms with Gasteiger partial charge in [-0.3, -0.25) is 9.78 Å². The van der Waals surface area contributed by atoms with Gasteiger partial charge in [0, 0.05) is 31.9 Å². The number of pyridine rings is 1. The molecule has 0 aliphatic carbocycles. The Morgan fingerprint density at radius 1 is 1.50 bits per heavy atom. The van der Waals surface area contributed by atoms with Gasteiger partial charge < -0.3 is 10.0 Å². The largest absolute Gasteiger partial charge is 0.383 e. The minimum atomic E-state index is -0.928. The Balaban J connectivity index is 1.92. The van der Waals surface area contributed by atoms with Gasteiger partial charge in [-0.25, -0.2) is 0 Å². The Labute approximate surface area is 94.9 Å². The van der Waals surface area contributed by atoms with E-state index in [1.54, 1.807) is 17.3 Å². The van der Waals surface area contributed by atoms with E-state index in [9.17, 15) is 9.90 Å². The van der Waals surface area contributed by atoms with E-state index in [-0.39, 0.29) is 5.91 Å². The van der Waals surface area contributed by atoms with Crippen molar-refractivity contribution >= 4 is 5.91 Å². The zero-order chi connectivity index (χ0) is 11.4. The molecule has 0 radical (unpaired) electrons. The number of amides is 1. The van der Waals surface area contributed by atoms with Crippen LogP contribution >= 0.6 is 0 Å². The summed E-state index contributed by atoms with van der Waals surface area (Å²) in [5.74, 6) is -0.152. The van der Waals surface area contributed by atoms with E-state index in [1.807, 2.05) is 12.1 Å². The minimum Gasteiger partial charge on any atom is -0.383 e. The molecule has 0 saturated carbocycles. The maximum absolute atomic E-state index is 11.8. The van der Waals surface area contributed by atoms with Crippen molar-refractivity contribution in [2.75, 3.05) is 13.1 Å². The van der Waals surface area contributed by atoms with Gasteiger partial charge in [0.1, 0.15) is 6.10 Å². The van der Waals surface area contributed by atoms with E-state index in [0.29, 0.717) is 6.42 Å². The number of carbonyl (C=O) groups excluding carboxylic acids is 1. The number of hydrogen-bond donors (Lipinski definition) is 1. The fourth-order valence-corrected chi connectivity index (χ4v) is 1.98. The van der Waals surface area contributed by atoms with Crippen molar-refractivity contribution in [1.82, 2.24) is 9.88 Å². The molecule has 0 bridgehead atoms. The maximum atomic E-state index is 11.8. The summed E-state index contributed by atoms with van der Waals surface area (Å²) in [7, 11) is 0. The first-order valence-corrected chi connectivity index (χ1v) is 5.63. The molecule has 4 nitrogen and oxygen atoms in total. The predicted molar refractivity (Wildman–Crippen MR) is 59.8 cm³/mol. The van der Waals surface area contributed by atoms with Crippen LogP contribution in [-0.2, 0) is 11.2 Å². The molecule has 1 aliphatic rings. The zero-order valence-corrected chi connectivity index (χ0v) is 9.17. The molecule has 1 aromatic rings. The Bertz CT molecular complexity index is 347. The molecule has 1 aromatic heterocycles. The van der Waals surface area contributed by atoms with Crippen LogP contribution in [0.4, 0.5) is 0 Å². The fourth-order valence-electron chi connectivity index (χ4n) is 1.98. The number of nitrogens with zero attached hydrogens (tertiary/aromatic N) is 2. The molecule has 2 heterocycles. The second-order valence-electron chi connectivity index (χ2n) is 4.11. The topological polar surface area (TPSA) is 53.4 Å². The molecule has 0 aromatic carbocycles. The van der Waals surface area contributed by atoms with Gasteiger partial charge in [-0.05, 0) is 24.5 Å². The summed E-state index contributed by atoms with van der Waals surface area (Å²) in [6.07, 6.45) is 4.88. The van der Waals surface area contributed by atoms with Gasteiger partial charge in [0.25, 0.3) is 5.91 Å². The van der Waals surface area contributed by atoms with Gasteiger partial charge in [-0.2, -0.15) is 0 Å². The summed E-state index contributed by atoms with van der Waals surface area (Å²) in [6, 6.07) is 3.68. The van der Waals surface area contributed by atoms with Crippen molar-refractivity contribution < 1.29 is 9.90 Å². The first-order valence-electron chi connectivity index (χ1n) is 5.63. The highest BCUT2D eigenvalue weighted by Gasteiger charge is 2.24. The Morgan fingerprint density at radius 3 is 2.88 bits per heavy atom. The van der Waals surface area contributed by atoms with E-state index < -0.39 is 6.10 Å². The van der Waals surface area contributed by atoms with Crippen LogP contribution in [0.15, 0.2) is 24.5 Å². The summed E-state index contributed by atoms with van der Waals surface area (Å²) in [4.78, 5) is 17.5. The molecule has 1 fully saturated rings. The van der Waals surface area contributed by atoms with Crippen molar-refractivity contribution in [1.29, 1.82) is 0 Å². The molecule has 2 rings (SSSR count). The minimum absolute atomic E-state index is 0.152. The lowest BCUT2D eigenvalue weighted by Gasteiger charge is -2.19. The molecule has 1 atom stereocenters. The summed E-state index contributed by atoms with van der Waals surface area (Å²) in [5.41, 5.74) is 0.891. The molecule has 1 saturated heterocycles. The van der Waals surface area contributed by atoms with Gasteiger partial charge in [-0.1, -0.05) is 6.07 Å². The second kappa shape index (κ2) is 5.07. The van der Waals surface area contributed by atoms with Crippen LogP contribution in [0.5, 0.6) is 0 Å².